The minimum atomic E-state index is 0.782. The van der Waals surface area contributed by atoms with Crippen LogP contribution in [0.25, 0.3) is 47.7 Å². The van der Waals surface area contributed by atoms with Gasteiger partial charge in [0.15, 0.2) is 0 Å². The highest BCUT2D eigenvalue weighted by Gasteiger charge is 2.15. The zero-order valence-electron chi connectivity index (χ0n) is 14.3. The van der Waals surface area contributed by atoms with Crippen LogP contribution in [0, 0.1) is 0 Å². The maximum Gasteiger partial charge on any atom is 0.0640 e. The highest BCUT2D eigenvalue weighted by molar-refractivity contribution is 7.26. The van der Waals surface area contributed by atoms with Crippen LogP contribution >= 0.6 is 22.9 Å². The summed E-state index contributed by atoms with van der Waals surface area (Å²) in [5, 5.41) is 5.84. The predicted octanol–water partition coefficient (Wildman–Crippen LogP) is 7.81. The Morgan fingerprint density at radius 2 is 1.30 bits per heavy atom. The molecule has 1 nitrogen and oxygen atoms in total. The molecular weight excluding hydrogens is 370 g/mol. The van der Waals surface area contributed by atoms with Crippen LogP contribution in [0.5, 0.6) is 0 Å². The Kier molecular flexibility index (Phi) is 3.16. The van der Waals surface area contributed by atoms with Crippen molar-refractivity contribution in [3.8, 4) is 5.69 Å². The number of thiophene rings is 1. The molecule has 0 atom stereocenters. The molecule has 0 unspecified atom stereocenters. The van der Waals surface area contributed by atoms with Gasteiger partial charge in [0.05, 0.1) is 21.4 Å². The van der Waals surface area contributed by atoms with Crippen LogP contribution in [-0.4, -0.2) is 4.57 Å². The number of benzene rings is 4. The molecular formula is C24H14ClNS. The molecule has 0 aliphatic carbocycles. The minimum Gasteiger partial charge on any atom is -0.308 e. The van der Waals surface area contributed by atoms with Gasteiger partial charge in [0.2, 0.25) is 0 Å². The van der Waals surface area contributed by atoms with Crippen molar-refractivity contribution in [2.45, 2.75) is 0 Å². The summed E-state index contributed by atoms with van der Waals surface area (Å²) in [5.74, 6) is 0. The Morgan fingerprint density at radius 1 is 0.630 bits per heavy atom. The molecule has 0 saturated heterocycles. The molecule has 6 aromatic rings. The standard InChI is InChI=1S/C24H14ClNS/c25-15-12-13-23-19(14-15)18-8-5-11-22(24(18)27-23)26-20-9-3-1-6-16(20)17-7-2-4-10-21(17)26/h1-14H. The summed E-state index contributed by atoms with van der Waals surface area (Å²) in [5.41, 5.74) is 3.70. The third-order valence-corrected chi connectivity index (χ3v) is 6.70. The Morgan fingerprint density at radius 3 is 2.04 bits per heavy atom. The van der Waals surface area contributed by atoms with Crippen LogP contribution in [0.2, 0.25) is 5.02 Å². The van der Waals surface area contributed by atoms with Gasteiger partial charge in [-0.25, -0.2) is 0 Å². The number of hydrogen-bond acceptors (Lipinski definition) is 1. The summed E-state index contributed by atoms with van der Waals surface area (Å²) in [6.45, 7) is 0. The second-order valence-electron chi connectivity index (χ2n) is 6.77. The van der Waals surface area contributed by atoms with Crippen molar-refractivity contribution >= 4 is 64.9 Å². The molecule has 27 heavy (non-hydrogen) atoms. The van der Waals surface area contributed by atoms with E-state index in [1.54, 1.807) is 0 Å². The lowest BCUT2D eigenvalue weighted by Gasteiger charge is -2.09. The predicted molar refractivity (Wildman–Crippen MR) is 119 cm³/mol. The van der Waals surface area contributed by atoms with Crippen molar-refractivity contribution in [1.29, 1.82) is 0 Å². The van der Waals surface area contributed by atoms with Gasteiger partial charge in [-0.05, 0) is 36.4 Å². The normalized spacial score (nSPS) is 11.9. The fourth-order valence-corrected chi connectivity index (χ4v) is 5.47. The third kappa shape index (κ3) is 2.11. The molecule has 128 valence electrons. The molecule has 2 heterocycles. The highest BCUT2D eigenvalue weighted by Crippen LogP contribution is 2.41. The number of rotatable bonds is 1. The van der Waals surface area contributed by atoms with Gasteiger partial charge in [-0.15, -0.1) is 11.3 Å². The van der Waals surface area contributed by atoms with E-state index in [0.29, 0.717) is 0 Å². The lowest BCUT2D eigenvalue weighted by molar-refractivity contribution is 1.20. The van der Waals surface area contributed by atoms with Crippen LogP contribution in [0.1, 0.15) is 0 Å². The number of nitrogens with zero attached hydrogens (tertiary/aromatic N) is 1. The molecule has 0 fully saturated rings. The van der Waals surface area contributed by atoms with Gasteiger partial charge < -0.3 is 4.57 Å². The van der Waals surface area contributed by atoms with Crippen LogP contribution < -0.4 is 0 Å². The van der Waals surface area contributed by atoms with Gasteiger partial charge in [-0.2, -0.15) is 0 Å². The average molecular weight is 384 g/mol. The molecule has 0 amide bonds. The van der Waals surface area contributed by atoms with E-state index in [4.69, 9.17) is 11.6 Å². The SMILES string of the molecule is Clc1ccc2sc3c(-n4c5ccccc5c5ccccc54)cccc3c2c1. The Hall–Kier alpha value is -2.81. The average Bonchev–Trinajstić information content (AvgIpc) is 3.24. The third-order valence-electron chi connectivity index (χ3n) is 5.26. The van der Waals surface area contributed by atoms with Crippen molar-refractivity contribution in [3.63, 3.8) is 0 Å². The minimum absolute atomic E-state index is 0.782. The van der Waals surface area contributed by atoms with E-state index in [1.165, 1.54) is 47.7 Å². The first-order valence-electron chi connectivity index (χ1n) is 8.90. The quantitative estimate of drug-likeness (QED) is 0.273. The van der Waals surface area contributed by atoms with Gasteiger partial charge in [-0.1, -0.05) is 60.1 Å². The Balaban J connectivity index is 1.82. The number of fused-ring (bicyclic) bond motifs is 6. The molecule has 0 bridgehead atoms. The monoisotopic (exact) mass is 383 g/mol. The van der Waals surface area contributed by atoms with Gasteiger partial charge in [0, 0.05) is 31.3 Å². The summed E-state index contributed by atoms with van der Waals surface area (Å²) in [4.78, 5) is 0. The van der Waals surface area contributed by atoms with Gasteiger partial charge >= 0.3 is 0 Å². The van der Waals surface area contributed by atoms with Crippen molar-refractivity contribution < 1.29 is 0 Å². The van der Waals surface area contributed by atoms with E-state index in [0.717, 1.165) is 5.02 Å². The van der Waals surface area contributed by atoms with E-state index >= 15 is 0 Å². The second kappa shape index (κ2) is 5.59. The summed E-state index contributed by atoms with van der Waals surface area (Å²) < 4.78 is 4.95. The topological polar surface area (TPSA) is 4.93 Å². The first-order chi connectivity index (χ1) is 13.3. The molecule has 3 heteroatoms. The molecule has 0 aliphatic heterocycles. The Labute approximate surface area is 165 Å². The summed E-state index contributed by atoms with van der Waals surface area (Å²) in [7, 11) is 0. The molecule has 0 spiro atoms. The lowest BCUT2D eigenvalue weighted by Crippen LogP contribution is -1.93. The molecule has 0 saturated carbocycles. The zero-order chi connectivity index (χ0) is 18.0. The maximum atomic E-state index is 6.27. The smallest absolute Gasteiger partial charge is 0.0640 e. The van der Waals surface area contributed by atoms with Crippen LogP contribution in [0.3, 0.4) is 0 Å². The van der Waals surface area contributed by atoms with Crippen molar-refractivity contribution in [2.75, 3.05) is 0 Å². The molecule has 0 N–H and O–H groups in total. The van der Waals surface area contributed by atoms with Gasteiger partial charge in [0.1, 0.15) is 0 Å². The molecule has 2 aromatic heterocycles. The summed E-state index contributed by atoms with van der Waals surface area (Å²) in [6, 6.07) is 30.0. The number of para-hydroxylation sites is 2. The van der Waals surface area contributed by atoms with Gasteiger partial charge in [0.25, 0.3) is 0 Å². The number of aromatic nitrogens is 1. The van der Waals surface area contributed by atoms with E-state index in [1.807, 2.05) is 17.4 Å². The van der Waals surface area contributed by atoms with E-state index in [-0.39, 0.29) is 0 Å². The van der Waals surface area contributed by atoms with Crippen molar-refractivity contribution in [3.05, 3.63) is 90.0 Å². The fourth-order valence-electron chi connectivity index (χ4n) is 4.11. The molecule has 0 radical (unpaired) electrons. The van der Waals surface area contributed by atoms with Crippen LogP contribution in [0.4, 0.5) is 0 Å². The lowest BCUT2D eigenvalue weighted by atomic mass is 10.1. The fraction of sp³-hybridized carbons (Fsp3) is 0. The Bertz CT molecular complexity index is 1440. The summed E-state index contributed by atoms with van der Waals surface area (Å²) in [6.07, 6.45) is 0. The van der Waals surface area contributed by atoms with Crippen molar-refractivity contribution in [1.82, 2.24) is 4.57 Å². The second-order valence-corrected chi connectivity index (χ2v) is 8.25. The van der Waals surface area contributed by atoms with Crippen LogP contribution in [0.15, 0.2) is 84.9 Å². The number of halogens is 1. The van der Waals surface area contributed by atoms with Crippen molar-refractivity contribution in [2.24, 2.45) is 0 Å². The maximum absolute atomic E-state index is 6.27. The van der Waals surface area contributed by atoms with E-state index in [9.17, 15) is 0 Å². The van der Waals surface area contributed by atoms with E-state index < -0.39 is 0 Å². The highest BCUT2D eigenvalue weighted by atomic mass is 35.5. The number of hydrogen-bond donors (Lipinski definition) is 0. The first-order valence-corrected chi connectivity index (χ1v) is 10.1. The largest absolute Gasteiger partial charge is 0.308 e. The van der Waals surface area contributed by atoms with Crippen LogP contribution in [-0.2, 0) is 0 Å². The summed E-state index contributed by atoms with van der Waals surface area (Å²) >= 11 is 8.10. The zero-order valence-corrected chi connectivity index (χ0v) is 15.9. The molecule has 6 rings (SSSR count). The molecule has 0 aliphatic rings. The molecule has 4 aromatic carbocycles. The van der Waals surface area contributed by atoms with Gasteiger partial charge in [-0.3, -0.25) is 0 Å². The van der Waals surface area contributed by atoms with E-state index in [2.05, 4.69) is 83.4 Å². The first kappa shape index (κ1) is 15.3.